The summed E-state index contributed by atoms with van der Waals surface area (Å²) in [5, 5.41) is 20.9. The van der Waals surface area contributed by atoms with Crippen LogP contribution in [0.25, 0.3) is 0 Å². The van der Waals surface area contributed by atoms with E-state index in [1.54, 1.807) is 6.20 Å². The molecule has 2 rings (SSSR count). The minimum Gasteiger partial charge on any atom is -0.440 e. The molecule has 0 spiro atoms. The molecule has 0 bridgehead atoms. The molecule has 0 atom stereocenters. The molecule has 0 saturated heterocycles. The zero-order valence-corrected chi connectivity index (χ0v) is 13.9. The number of nitrogens with one attached hydrogen (secondary N) is 2. The van der Waals surface area contributed by atoms with Gasteiger partial charge in [-0.15, -0.1) is 0 Å². The summed E-state index contributed by atoms with van der Waals surface area (Å²) in [5.41, 5.74) is 0. The average Bonchev–Trinajstić information content (AvgIpc) is 3.24. The molecule has 0 aliphatic heterocycles. The molecule has 0 aromatic carbocycles. The van der Waals surface area contributed by atoms with Crippen LogP contribution in [0.3, 0.4) is 0 Å². The molecule has 130 valence electrons. The van der Waals surface area contributed by atoms with E-state index in [0.717, 1.165) is 30.8 Å². The second kappa shape index (κ2) is 10.4. The predicted octanol–water partition coefficient (Wildman–Crippen LogP) is 1.17. The Morgan fingerprint density at radius 3 is 3.08 bits per heavy atom. The number of aromatic amines is 1. The molecule has 2 N–H and O–H groups in total. The molecule has 0 fully saturated rings. The fourth-order valence-corrected chi connectivity index (χ4v) is 2.55. The Morgan fingerprint density at radius 1 is 1.46 bits per heavy atom. The summed E-state index contributed by atoms with van der Waals surface area (Å²) < 4.78 is 5.11. The number of hydrogen-bond acceptors (Lipinski definition) is 8. The van der Waals surface area contributed by atoms with E-state index < -0.39 is 0 Å². The summed E-state index contributed by atoms with van der Waals surface area (Å²) in [5.74, 6) is 1.99. The monoisotopic (exact) mass is 353 g/mol. The fraction of sp³-hybridized carbons (Fsp3) is 0.538. The Kier molecular flexibility index (Phi) is 7.74. The lowest BCUT2D eigenvalue weighted by atomic mass is 10.3. The minimum absolute atomic E-state index is 0.296. The first-order valence-electron chi connectivity index (χ1n) is 7.49. The van der Waals surface area contributed by atoms with Crippen LogP contribution in [0.15, 0.2) is 33.4 Å². The molecule has 0 aliphatic rings. The van der Waals surface area contributed by atoms with E-state index in [1.807, 2.05) is 0 Å². The van der Waals surface area contributed by atoms with Crippen molar-refractivity contribution in [2.75, 3.05) is 25.4 Å². The van der Waals surface area contributed by atoms with Gasteiger partial charge in [-0.1, -0.05) is 11.8 Å². The van der Waals surface area contributed by atoms with E-state index in [0.29, 0.717) is 24.1 Å². The van der Waals surface area contributed by atoms with E-state index in [1.165, 1.54) is 24.4 Å². The van der Waals surface area contributed by atoms with Gasteiger partial charge in [0.15, 0.2) is 5.84 Å². The van der Waals surface area contributed by atoms with Gasteiger partial charge in [0, 0.05) is 30.2 Å². The highest BCUT2D eigenvalue weighted by atomic mass is 32.2. The van der Waals surface area contributed by atoms with Crippen LogP contribution in [0.5, 0.6) is 0 Å². The lowest BCUT2D eigenvalue weighted by molar-refractivity contribution is -0.463. The number of aryl methyl sites for hydroxylation is 1. The number of oxazole rings is 1. The quantitative estimate of drug-likeness (QED) is 0.153. The van der Waals surface area contributed by atoms with Gasteiger partial charge >= 0.3 is 0 Å². The molecular formula is C13H19N7O3S. The zero-order chi connectivity index (χ0) is 17.0. The highest BCUT2D eigenvalue weighted by Crippen LogP contribution is 2.15. The Morgan fingerprint density at radius 2 is 2.38 bits per heavy atom. The number of H-pyrrole nitrogens is 1. The van der Waals surface area contributed by atoms with E-state index in [2.05, 4.69) is 30.5 Å². The summed E-state index contributed by atoms with van der Waals surface area (Å²) in [6.45, 7) is 0.819. The Bertz CT molecular complexity index is 616. The average molecular weight is 353 g/mol. The van der Waals surface area contributed by atoms with Gasteiger partial charge in [-0.2, -0.15) is 5.10 Å². The predicted molar refractivity (Wildman–Crippen MR) is 88.7 cm³/mol. The van der Waals surface area contributed by atoms with Gasteiger partial charge in [-0.25, -0.2) is 9.97 Å². The summed E-state index contributed by atoms with van der Waals surface area (Å²) >= 11 is 1.49. The SMILES string of the molecule is O=[N+]([O-])CC(=NCCCSc1ncco1)NCCCc1ncn[nH]1. The van der Waals surface area contributed by atoms with Crippen molar-refractivity contribution in [1.29, 1.82) is 0 Å². The van der Waals surface area contributed by atoms with Crippen molar-refractivity contribution >= 4 is 17.6 Å². The lowest BCUT2D eigenvalue weighted by Gasteiger charge is -2.06. The third kappa shape index (κ3) is 7.22. The maximum Gasteiger partial charge on any atom is 0.259 e. The molecule has 0 saturated carbocycles. The molecular weight excluding hydrogens is 334 g/mol. The van der Waals surface area contributed by atoms with Gasteiger partial charge in [0.2, 0.25) is 0 Å². The maximum absolute atomic E-state index is 10.7. The highest BCUT2D eigenvalue weighted by Gasteiger charge is 2.07. The van der Waals surface area contributed by atoms with Crippen LogP contribution in [0, 0.1) is 10.1 Å². The molecule has 11 heteroatoms. The first kappa shape index (κ1) is 17.9. The molecule has 2 aromatic rings. The largest absolute Gasteiger partial charge is 0.440 e. The second-order valence-electron chi connectivity index (χ2n) is 4.78. The van der Waals surface area contributed by atoms with Crippen molar-refractivity contribution in [1.82, 2.24) is 25.5 Å². The van der Waals surface area contributed by atoms with Crippen LogP contribution in [0.1, 0.15) is 18.7 Å². The van der Waals surface area contributed by atoms with Crippen molar-refractivity contribution in [3.8, 4) is 0 Å². The molecule has 2 aromatic heterocycles. The third-order valence-corrected chi connectivity index (χ3v) is 3.84. The number of nitrogens with zero attached hydrogens (tertiary/aromatic N) is 5. The molecule has 10 nitrogen and oxygen atoms in total. The van der Waals surface area contributed by atoms with Gasteiger partial charge < -0.3 is 9.73 Å². The molecule has 0 radical (unpaired) electrons. The van der Waals surface area contributed by atoms with Crippen LogP contribution in [-0.2, 0) is 6.42 Å². The lowest BCUT2D eigenvalue weighted by Crippen LogP contribution is -2.31. The van der Waals surface area contributed by atoms with E-state index in [9.17, 15) is 10.1 Å². The van der Waals surface area contributed by atoms with Crippen molar-refractivity contribution in [2.45, 2.75) is 24.5 Å². The Hall–Kier alpha value is -2.43. The number of rotatable bonds is 11. The van der Waals surface area contributed by atoms with Crippen molar-refractivity contribution in [2.24, 2.45) is 4.99 Å². The molecule has 24 heavy (non-hydrogen) atoms. The highest BCUT2D eigenvalue weighted by molar-refractivity contribution is 7.99. The number of aromatic nitrogens is 4. The Labute approximate surface area is 142 Å². The van der Waals surface area contributed by atoms with Gasteiger partial charge in [-0.3, -0.25) is 20.2 Å². The number of hydrogen-bond donors (Lipinski definition) is 2. The molecule has 2 heterocycles. The number of nitro groups is 1. The zero-order valence-electron chi connectivity index (χ0n) is 13.1. The van der Waals surface area contributed by atoms with Crippen molar-refractivity contribution in [3.05, 3.63) is 34.7 Å². The smallest absolute Gasteiger partial charge is 0.259 e. The van der Waals surface area contributed by atoms with Crippen LogP contribution >= 0.6 is 11.8 Å². The third-order valence-electron chi connectivity index (χ3n) is 2.90. The number of amidine groups is 1. The van der Waals surface area contributed by atoms with Gasteiger partial charge in [0.25, 0.3) is 11.8 Å². The van der Waals surface area contributed by atoms with E-state index in [-0.39, 0.29) is 11.5 Å². The van der Waals surface area contributed by atoms with Gasteiger partial charge in [-0.05, 0) is 12.8 Å². The van der Waals surface area contributed by atoms with Crippen molar-refractivity contribution < 1.29 is 9.34 Å². The molecule has 0 unspecified atom stereocenters. The van der Waals surface area contributed by atoms with Crippen LogP contribution in [-0.4, -0.2) is 56.3 Å². The standard InChI is InChI=1S/C13H19N7O3S/c21-20(22)9-12(14-4-1-3-11-17-10-18-19-11)15-5-2-8-24-13-16-6-7-23-13/h6-7,10H,1-5,8-9H2,(H,14,15)(H,17,18,19). The topological polar surface area (TPSA) is 135 Å². The van der Waals surface area contributed by atoms with Crippen LogP contribution in [0.2, 0.25) is 0 Å². The maximum atomic E-state index is 10.7. The van der Waals surface area contributed by atoms with Crippen LogP contribution < -0.4 is 5.32 Å². The first-order valence-corrected chi connectivity index (χ1v) is 8.48. The summed E-state index contributed by atoms with van der Waals surface area (Å²) in [4.78, 5) is 22.6. The fourth-order valence-electron chi connectivity index (χ4n) is 1.84. The Balaban J connectivity index is 1.65. The van der Waals surface area contributed by atoms with Gasteiger partial charge in [0.05, 0.1) is 6.20 Å². The van der Waals surface area contributed by atoms with E-state index >= 15 is 0 Å². The number of thioether (sulfide) groups is 1. The van der Waals surface area contributed by atoms with Crippen molar-refractivity contribution in [3.63, 3.8) is 0 Å². The molecule has 0 aliphatic carbocycles. The summed E-state index contributed by atoms with van der Waals surface area (Å²) in [6, 6.07) is 0. The summed E-state index contributed by atoms with van der Waals surface area (Å²) in [7, 11) is 0. The van der Waals surface area contributed by atoms with Gasteiger partial charge in [0.1, 0.15) is 18.4 Å². The number of aliphatic imine (C=N–C) groups is 1. The molecule has 0 amide bonds. The summed E-state index contributed by atoms with van der Waals surface area (Å²) in [6.07, 6.45) is 6.88. The first-order chi connectivity index (χ1) is 11.7. The minimum atomic E-state index is -0.385. The van der Waals surface area contributed by atoms with E-state index in [4.69, 9.17) is 4.42 Å². The normalized spacial score (nSPS) is 11.6. The second-order valence-corrected chi connectivity index (χ2v) is 5.83. The van der Waals surface area contributed by atoms with Crippen LogP contribution in [0.4, 0.5) is 0 Å².